The average Bonchev–Trinajstić information content (AvgIpc) is 2.72. The summed E-state index contributed by atoms with van der Waals surface area (Å²) >= 11 is 0. The quantitative estimate of drug-likeness (QED) is 0.842. The third-order valence-corrected chi connectivity index (χ3v) is 5.67. The molecule has 0 spiro atoms. The molecular formula is C20H29FN4O2. The van der Waals surface area contributed by atoms with Crippen LogP contribution < -0.4 is 10.2 Å². The second kappa shape index (κ2) is 9.17. The first-order valence-electron chi connectivity index (χ1n) is 9.79. The van der Waals surface area contributed by atoms with Crippen LogP contribution >= 0.6 is 0 Å². The van der Waals surface area contributed by atoms with Gasteiger partial charge in [-0.25, -0.2) is 4.39 Å². The number of nitrogens with zero attached hydrogens (tertiary/aromatic N) is 3. The first kappa shape index (κ1) is 19.6. The molecule has 2 aliphatic heterocycles. The summed E-state index contributed by atoms with van der Waals surface area (Å²) in [4.78, 5) is 30.6. The van der Waals surface area contributed by atoms with E-state index in [1.165, 1.54) is 12.1 Å². The molecular weight excluding hydrogens is 347 g/mol. The normalized spacial score (nSPS) is 19.2. The number of hydrogen-bond acceptors (Lipinski definition) is 4. The Balaban J connectivity index is 1.37. The molecule has 148 valence electrons. The van der Waals surface area contributed by atoms with Crippen LogP contribution in [-0.2, 0) is 9.59 Å². The number of hydrogen-bond donors (Lipinski definition) is 1. The summed E-state index contributed by atoms with van der Waals surface area (Å²) < 4.78 is 13.0. The SMILES string of the molecule is CNC(=O)C1CCN(CCC(=O)N2CCN(c3ccc(F)cc3)CC2)CC1. The van der Waals surface area contributed by atoms with Gasteiger partial charge in [0.25, 0.3) is 0 Å². The lowest BCUT2D eigenvalue weighted by molar-refractivity contribution is -0.132. The molecule has 0 radical (unpaired) electrons. The van der Waals surface area contributed by atoms with E-state index >= 15 is 0 Å². The zero-order chi connectivity index (χ0) is 19.2. The van der Waals surface area contributed by atoms with E-state index in [1.54, 1.807) is 19.2 Å². The van der Waals surface area contributed by atoms with Crippen molar-refractivity contribution in [3.05, 3.63) is 30.1 Å². The summed E-state index contributed by atoms with van der Waals surface area (Å²) in [5, 5.41) is 2.72. The van der Waals surface area contributed by atoms with Gasteiger partial charge in [0.1, 0.15) is 5.82 Å². The molecule has 1 N–H and O–H groups in total. The van der Waals surface area contributed by atoms with E-state index in [0.29, 0.717) is 19.5 Å². The van der Waals surface area contributed by atoms with Gasteiger partial charge in [0.05, 0.1) is 0 Å². The summed E-state index contributed by atoms with van der Waals surface area (Å²) in [6, 6.07) is 6.52. The van der Waals surface area contributed by atoms with Gasteiger partial charge >= 0.3 is 0 Å². The Morgan fingerprint density at radius 3 is 2.26 bits per heavy atom. The zero-order valence-electron chi connectivity index (χ0n) is 16.0. The monoisotopic (exact) mass is 376 g/mol. The molecule has 1 aromatic carbocycles. The summed E-state index contributed by atoms with van der Waals surface area (Å²) in [6.45, 7) is 5.47. The van der Waals surface area contributed by atoms with Gasteiger partial charge < -0.3 is 20.0 Å². The Morgan fingerprint density at radius 1 is 1.04 bits per heavy atom. The van der Waals surface area contributed by atoms with Gasteiger partial charge in [0, 0.05) is 57.8 Å². The minimum atomic E-state index is -0.230. The lowest BCUT2D eigenvalue weighted by atomic mass is 9.96. The molecule has 1 aromatic rings. The molecule has 0 atom stereocenters. The molecule has 7 heteroatoms. The predicted octanol–water partition coefficient (Wildman–Crippen LogP) is 1.32. The van der Waals surface area contributed by atoms with E-state index in [-0.39, 0.29) is 23.5 Å². The fourth-order valence-corrected chi connectivity index (χ4v) is 3.90. The van der Waals surface area contributed by atoms with Crippen LogP contribution in [0.3, 0.4) is 0 Å². The maximum absolute atomic E-state index is 13.0. The molecule has 6 nitrogen and oxygen atoms in total. The van der Waals surface area contributed by atoms with Crippen molar-refractivity contribution < 1.29 is 14.0 Å². The molecule has 0 unspecified atom stereocenters. The number of carbonyl (C=O) groups is 2. The van der Waals surface area contributed by atoms with Gasteiger partial charge in [-0.2, -0.15) is 0 Å². The fourth-order valence-electron chi connectivity index (χ4n) is 3.90. The van der Waals surface area contributed by atoms with Crippen LogP contribution in [0.15, 0.2) is 24.3 Å². The maximum Gasteiger partial charge on any atom is 0.223 e. The fraction of sp³-hybridized carbons (Fsp3) is 0.600. The highest BCUT2D eigenvalue weighted by Crippen LogP contribution is 2.19. The number of likely N-dealkylation sites (tertiary alicyclic amines) is 1. The topological polar surface area (TPSA) is 55.9 Å². The highest BCUT2D eigenvalue weighted by Gasteiger charge is 2.25. The van der Waals surface area contributed by atoms with Crippen molar-refractivity contribution in [1.29, 1.82) is 0 Å². The van der Waals surface area contributed by atoms with E-state index in [2.05, 4.69) is 15.1 Å². The van der Waals surface area contributed by atoms with Crippen LogP contribution in [0.1, 0.15) is 19.3 Å². The first-order chi connectivity index (χ1) is 13.1. The molecule has 2 saturated heterocycles. The number of piperidine rings is 1. The molecule has 3 rings (SSSR count). The van der Waals surface area contributed by atoms with Gasteiger partial charge in [0.15, 0.2) is 0 Å². The van der Waals surface area contributed by atoms with E-state index in [9.17, 15) is 14.0 Å². The van der Waals surface area contributed by atoms with Gasteiger partial charge in [0.2, 0.25) is 11.8 Å². The predicted molar refractivity (Wildman–Crippen MR) is 103 cm³/mol. The second-order valence-electron chi connectivity index (χ2n) is 7.32. The number of rotatable bonds is 5. The van der Waals surface area contributed by atoms with E-state index in [4.69, 9.17) is 0 Å². The van der Waals surface area contributed by atoms with Crippen molar-refractivity contribution in [1.82, 2.24) is 15.1 Å². The highest BCUT2D eigenvalue weighted by molar-refractivity contribution is 5.78. The molecule has 2 heterocycles. The Bertz CT molecular complexity index is 636. The number of benzene rings is 1. The van der Waals surface area contributed by atoms with Crippen molar-refractivity contribution >= 4 is 17.5 Å². The largest absolute Gasteiger partial charge is 0.368 e. The van der Waals surface area contributed by atoms with Crippen molar-refractivity contribution in [2.45, 2.75) is 19.3 Å². The maximum atomic E-state index is 13.0. The summed E-state index contributed by atoms with van der Waals surface area (Å²) in [5.41, 5.74) is 1.00. The standard InChI is InChI=1S/C20H29FN4O2/c1-22-20(27)16-6-9-23(10-7-16)11-8-19(26)25-14-12-24(13-15-25)18-4-2-17(21)3-5-18/h2-5,16H,6-15H2,1H3,(H,22,27). The first-order valence-corrected chi connectivity index (χ1v) is 9.79. The van der Waals surface area contributed by atoms with E-state index in [0.717, 1.165) is 51.3 Å². The molecule has 0 aromatic heterocycles. The van der Waals surface area contributed by atoms with Crippen LogP contribution in [0.25, 0.3) is 0 Å². The Hall–Kier alpha value is -2.15. The van der Waals surface area contributed by atoms with Gasteiger partial charge in [-0.15, -0.1) is 0 Å². The molecule has 0 bridgehead atoms. The molecule has 2 aliphatic rings. The van der Waals surface area contributed by atoms with Crippen molar-refractivity contribution in [2.24, 2.45) is 5.92 Å². The number of piperazine rings is 1. The van der Waals surface area contributed by atoms with Crippen LogP contribution in [0.4, 0.5) is 10.1 Å². The molecule has 0 aliphatic carbocycles. The van der Waals surface area contributed by atoms with Crippen molar-refractivity contribution in [2.75, 3.05) is 57.8 Å². The molecule has 0 saturated carbocycles. The van der Waals surface area contributed by atoms with Gasteiger partial charge in [-0.05, 0) is 50.2 Å². The van der Waals surface area contributed by atoms with E-state index < -0.39 is 0 Å². The average molecular weight is 376 g/mol. The van der Waals surface area contributed by atoms with Gasteiger partial charge in [-0.1, -0.05) is 0 Å². The molecule has 2 amide bonds. The molecule has 2 fully saturated rings. The van der Waals surface area contributed by atoms with Crippen LogP contribution in [0.2, 0.25) is 0 Å². The zero-order valence-corrected chi connectivity index (χ0v) is 16.0. The number of nitrogens with one attached hydrogen (secondary N) is 1. The smallest absolute Gasteiger partial charge is 0.223 e. The number of amides is 2. The summed E-state index contributed by atoms with van der Waals surface area (Å²) in [6.07, 6.45) is 2.26. The van der Waals surface area contributed by atoms with Crippen LogP contribution in [-0.4, -0.2) is 74.5 Å². The summed E-state index contributed by atoms with van der Waals surface area (Å²) in [5.74, 6) is 0.209. The lowest BCUT2D eigenvalue weighted by Crippen LogP contribution is -2.49. The highest BCUT2D eigenvalue weighted by atomic mass is 19.1. The number of anilines is 1. The third-order valence-electron chi connectivity index (χ3n) is 5.67. The van der Waals surface area contributed by atoms with Crippen molar-refractivity contribution in [3.63, 3.8) is 0 Å². The molecule has 27 heavy (non-hydrogen) atoms. The Morgan fingerprint density at radius 2 is 1.67 bits per heavy atom. The second-order valence-corrected chi connectivity index (χ2v) is 7.32. The van der Waals surface area contributed by atoms with E-state index in [1.807, 2.05) is 4.90 Å². The van der Waals surface area contributed by atoms with Crippen LogP contribution in [0, 0.1) is 11.7 Å². The minimum absolute atomic E-state index is 0.112. The number of halogens is 1. The Labute approximate surface area is 160 Å². The van der Waals surface area contributed by atoms with Gasteiger partial charge in [-0.3, -0.25) is 9.59 Å². The van der Waals surface area contributed by atoms with Crippen LogP contribution in [0.5, 0.6) is 0 Å². The summed E-state index contributed by atoms with van der Waals surface area (Å²) in [7, 11) is 1.68. The van der Waals surface area contributed by atoms with Crippen molar-refractivity contribution in [3.8, 4) is 0 Å². The third kappa shape index (κ3) is 5.19. The Kier molecular flexibility index (Phi) is 6.66. The number of carbonyl (C=O) groups excluding carboxylic acids is 2. The minimum Gasteiger partial charge on any atom is -0.368 e. The lowest BCUT2D eigenvalue weighted by Gasteiger charge is -2.37.